The van der Waals surface area contributed by atoms with Crippen LogP contribution in [0.3, 0.4) is 0 Å². The average molecular weight is 240 g/mol. The molecule has 1 aliphatic heterocycles. The van der Waals surface area contributed by atoms with Crippen molar-refractivity contribution in [2.24, 2.45) is 5.73 Å². The van der Waals surface area contributed by atoms with Crippen LogP contribution in [0.2, 0.25) is 0 Å². The number of nitriles is 2. The summed E-state index contributed by atoms with van der Waals surface area (Å²) in [6.07, 6.45) is 0. The number of allylic oxidation sites excluding steroid dienone is 2. The van der Waals surface area contributed by atoms with Crippen LogP contribution in [0.4, 0.5) is 0 Å². The van der Waals surface area contributed by atoms with Gasteiger partial charge in [-0.3, -0.25) is 0 Å². The molecular formula is C13H12N4O. The lowest BCUT2D eigenvalue weighted by Gasteiger charge is -2.05. The highest BCUT2D eigenvalue weighted by Crippen LogP contribution is 2.39. The van der Waals surface area contributed by atoms with Gasteiger partial charge in [0, 0.05) is 6.54 Å². The van der Waals surface area contributed by atoms with E-state index in [9.17, 15) is 0 Å². The number of nitrogens with zero attached hydrogens (tertiary/aromatic N) is 3. The van der Waals surface area contributed by atoms with Gasteiger partial charge in [-0.25, -0.2) is 0 Å². The smallest absolute Gasteiger partial charge is 0.151 e. The summed E-state index contributed by atoms with van der Waals surface area (Å²) in [4.78, 5) is 1.81. The molecule has 0 spiro atoms. The molecule has 0 aromatic heterocycles. The predicted molar refractivity (Wildman–Crippen MR) is 64.9 cm³/mol. The van der Waals surface area contributed by atoms with E-state index in [2.05, 4.69) is 0 Å². The van der Waals surface area contributed by atoms with Crippen LogP contribution in [0, 0.1) is 22.7 Å². The van der Waals surface area contributed by atoms with Gasteiger partial charge < -0.3 is 15.4 Å². The zero-order valence-corrected chi connectivity index (χ0v) is 9.92. The normalized spacial score (nSPS) is 18.4. The first-order valence-corrected chi connectivity index (χ1v) is 5.41. The molecule has 18 heavy (non-hydrogen) atoms. The molecule has 0 radical (unpaired) electrons. The van der Waals surface area contributed by atoms with Gasteiger partial charge in [0.05, 0.1) is 13.2 Å². The van der Waals surface area contributed by atoms with Crippen LogP contribution in [0.1, 0.15) is 11.6 Å². The fourth-order valence-electron chi connectivity index (χ4n) is 1.83. The van der Waals surface area contributed by atoms with Crippen molar-refractivity contribution in [3.05, 3.63) is 41.2 Å². The lowest BCUT2D eigenvalue weighted by Crippen LogP contribution is -2.06. The Kier molecular flexibility index (Phi) is 3.07. The second-order valence-electron chi connectivity index (χ2n) is 3.93. The number of rotatable bonds is 3. The van der Waals surface area contributed by atoms with Gasteiger partial charge in [0.1, 0.15) is 23.6 Å². The lowest BCUT2D eigenvalue weighted by atomic mass is 10.1. The van der Waals surface area contributed by atoms with Crippen molar-refractivity contribution in [3.63, 3.8) is 0 Å². The molecule has 5 nitrogen and oxygen atoms in total. The molecule has 1 aliphatic rings. The van der Waals surface area contributed by atoms with Crippen LogP contribution in [0.5, 0.6) is 5.75 Å². The number of hydrogen-bond acceptors (Lipinski definition) is 5. The Hall–Kier alpha value is -2.66. The SMILES string of the molecule is COc1ccc(C2CN2C(C#N)=C(N)C#N)cc1. The zero-order chi connectivity index (χ0) is 13.1. The maximum absolute atomic E-state index is 8.98. The number of nitrogens with two attached hydrogens (primary N) is 1. The molecule has 2 N–H and O–H groups in total. The summed E-state index contributed by atoms with van der Waals surface area (Å²) in [5, 5.41) is 17.7. The van der Waals surface area contributed by atoms with E-state index in [-0.39, 0.29) is 17.4 Å². The molecule has 1 aromatic carbocycles. The molecule has 1 heterocycles. The Morgan fingerprint density at radius 1 is 1.33 bits per heavy atom. The summed E-state index contributed by atoms with van der Waals surface area (Å²) in [6.45, 7) is 0.706. The Bertz CT molecular complexity index is 562. The van der Waals surface area contributed by atoms with Crippen LogP contribution in [-0.2, 0) is 0 Å². The van der Waals surface area contributed by atoms with Crippen LogP contribution in [0.15, 0.2) is 35.7 Å². The second-order valence-corrected chi connectivity index (χ2v) is 3.93. The Morgan fingerprint density at radius 2 is 2.00 bits per heavy atom. The molecule has 1 fully saturated rings. The van der Waals surface area contributed by atoms with Crippen molar-refractivity contribution in [1.82, 2.24) is 4.90 Å². The lowest BCUT2D eigenvalue weighted by molar-refractivity contribution is 0.414. The largest absolute Gasteiger partial charge is 0.497 e. The number of methoxy groups -OCH3 is 1. The first kappa shape index (κ1) is 11.8. The number of ether oxygens (including phenoxy) is 1. The molecule has 5 heteroatoms. The van der Waals surface area contributed by atoms with Crippen molar-refractivity contribution in [1.29, 1.82) is 10.5 Å². The van der Waals surface area contributed by atoms with E-state index in [0.717, 1.165) is 11.3 Å². The van der Waals surface area contributed by atoms with Gasteiger partial charge in [-0.1, -0.05) is 12.1 Å². The van der Waals surface area contributed by atoms with E-state index in [4.69, 9.17) is 21.0 Å². The van der Waals surface area contributed by atoms with E-state index < -0.39 is 0 Å². The molecule has 0 aliphatic carbocycles. The van der Waals surface area contributed by atoms with E-state index in [1.54, 1.807) is 18.1 Å². The first-order chi connectivity index (χ1) is 8.71. The van der Waals surface area contributed by atoms with Gasteiger partial charge in [-0.05, 0) is 17.7 Å². The van der Waals surface area contributed by atoms with E-state index in [1.807, 2.05) is 30.3 Å². The number of benzene rings is 1. The standard InChI is InChI=1S/C13H12N4O/c1-18-10-4-2-9(3-5-10)13-8-17(13)12(7-15)11(16)6-14/h2-5,13H,8,16H2,1H3. The molecule has 1 atom stereocenters. The van der Waals surface area contributed by atoms with Crippen molar-refractivity contribution >= 4 is 0 Å². The molecule has 1 unspecified atom stereocenters. The third kappa shape index (κ3) is 2.07. The third-order valence-corrected chi connectivity index (χ3v) is 2.88. The minimum absolute atomic E-state index is 0.0338. The summed E-state index contributed by atoms with van der Waals surface area (Å²) < 4.78 is 5.08. The Balaban J connectivity index is 2.16. The highest BCUT2D eigenvalue weighted by molar-refractivity contribution is 5.40. The maximum atomic E-state index is 8.98. The van der Waals surface area contributed by atoms with Gasteiger partial charge in [0.25, 0.3) is 0 Å². The van der Waals surface area contributed by atoms with E-state index in [0.29, 0.717) is 6.54 Å². The summed E-state index contributed by atoms with van der Waals surface area (Å²) in [6, 6.07) is 11.5. The highest BCUT2D eigenvalue weighted by Gasteiger charge is 2.38. The minimum Gasteiger partial charge on any atom is -0.497 e. The van der Waals surface area contributed by atoms with Crippen LogP contribution in [0.25, 0.3) is 0 Å². The zero-order valence-electron chi connectivity index (χ0n) is 9.92. The monoisotopic (exact) mass is 240 g/mol. The van der Waals surface area contributed by atoms with Gasteiger partial charge in [0.15, 0.2) is 5.70 Å². The summed E-state index contributed by atoms with van der Waals surface area (Å²) >= 11 is 0. The van der Waals surface area contributed by atoms with Gasteiger partial charge in [0.2, 0.25) is 0 Å². The second kappa shape index (κ2) is 4.68. The topological polar surface area (TPSA) is 85.8 Å². The molecule has 0 amide bonds. The molecule has 90 valence electrons. The average Bonchev–Trinajstić information content (AvgIpc) is 3.19. The maximum Gasteiger partial charge on any atom is 0.151 e. The highest BCUT2D eigenvalue weighted by atomic mass is 16.5. The Morgan fingerprint density at radius 3 is 2.50 bits per heavy atom. The van der Waals surface area contributed by atoms with Crippen LogP contribution < -0.4 is 10.5 Å². The molecule has 1 aromatic rings. The van der Waals surface area contributed by atoms with Gasteiger partial charge in [-0.2, -0.15) is 10.5 Å². The summed E-state index contributed by atoms with van der Waals surface area (Å²) in [5.41, 5.74) is 6.78. The van der Waals surface area contributed by atoms with Crippen LogP contribution >= 0.6 is 0 Å². The van der Waals surface area contributed by atoms with Crippen molar-refractivity contribution in [2.75, 3.05) is 13.7 Å². The molecule has 0 saturated carbocycles. The van der Waals surface area contributed by atoms with Crippen LogP contribution in [-0.4, -0.2) is 18.6 Å². The van der Waals surface area contributed by atoms with Crippen molar-refractivity contribution in [2.45, 2.75) is 6.04 Å². The molecule has 2 rings (SSSR count). The summed E-state index contributed by atoms with van der Waals surface area (Å²) in [5.74, 6) is 0.790. The third-order valence-electron chi connectivity index (χ3n) is 2.88. The van der Waals surface area contributed by atoms with Gasteiger partial charge >= 0.3 is 0 Å². The van der Waals surface area contributed by atoms with Gasteiger partial charge in [-0.15, -0.1) is 0 Å². The van der Waals surface area contributed by atoms with E-state index in [1.165, 1.54) is 0 Å². The molecule has 0 bridgehead atoms. The fourth-order valence-corrected chi connectivity index (χ4v) is 1.83. The molecular weight excluding hydrogens is 228 g/mol. The Labute approximate surface area is 105 Å². The van der Waals surface area contributed by atoms with Crippen molar-refractivity contribution < 1.29 is 4.74 Å². The number of hydrogen-bond donors (Lipinski definition) is 1. The molecule has 1 saturated heterocycles. The first-order valence-electron chi connectivity index (χ1n) is 5.41. The minimum atomic E-state index is -0.0338. The predicted octanol–water partition coefficient (Wildman–Crippen LogP) is 1.27. The quantitative estimate of drug-likeness (QED) is 0.635. The van der Waals surface area contributed by atoms with Crippen molar-refractivity contribution in [3.8, 4) is 17.9 Å². The van der Waals surface area contributed by atoms with E-state index >= 15 is 0 Å². The summed E-state index contributed by atoms with van der Waals surface area (Å²) in [7, 11) is 1.61. The fraction of sp³-hybridized carbons (Fsp3) is 0.231.